The molecule has 1 amide bonds. The number of nitrogens with zero attached hydrogens (tertiary/aromatic N) is 2. The number of hydrogen-bond acceptors (Lipinski definition) is 3. The lowest BCUT2D eigenvalue weighted by Crippen LogP contribution is -2.51. The predicted octanol–water partition coefficient (Wildman–Crippen LogP) is 3.85. The van der Waals surface area contributed by atoms with Crippen molar-refractivity contribution in [2.24, 2.45) is 17.8 Å². The molecule has 2 aliphatic heterocycles. The van der Waals surface area contributed by atoms with Gasteiger partial charge in [-0.05, 0) is 67.0 Å². The third kappa shape index (κ3) is 4.22. The normalized spacial score (nSPS) is 33.2. The highest BCUT2D eigenvalue weighted by atomic mass is 19.1. The summed E-state index contributed by atoms with van der Waals surface area (Å²) in [7, 11) is 0. The highest BCUT2D eigenvalue weighted by molar-refractivity contribution is 5.84. The van der Waals surface area contributed by atoms with Gasteiger partial charge >= 0.3 is 0 Å². The number of allylic oxidation sites excluding steroid dienone is 3. The number of aliphatic hydroxyl groups is 1. The van der Waals surface area contributed by atoms with E-state index >= 15 is 4.39 Å². The number of carbonyl (C=O) groups is 1. The number of likely N-dealkylation sites (tertiary alicyclic amines) is 2. The van der Waals surface area contributed by atoms with E-state index in [1.807, 2.05) is 17.9 Å². The summed E-state index contributed by atoms with van der Waals surface area (Å²) in [6, 6.07) is 5.94. The highest BCUT2D eigenvalue weighted by Crippen LogP contribution is 2.37. The largest absolute Gasteiger partial charge is 0.508 e. The van der Waals surface area contributed by atoms with Crippen molar-refractivity contribution >= 4 is 5.91 Å². The van der Waals surface area contributed by atoms with Crippen molar-refractivity contribution < 1.29 is 18.7 Å². The second-order valence-electron chi connectivity index (χ2n) is 8.54. The molecule has 5 atom stereocenters. The van der Waals surface area contributed by atoms with E-state index in [4.69, 9.17) is 0 Å². The third-order valence-electron chi connectivity index (χ3n) is 6.64. The number of rotatable bonds is 4. The minimum Gasteiger partial charge on any atom is -0.508 e. The summed E-state index contributed by atoms with van der Waals surface area (Å²) in [5.74, 6) is 0.0994. The fourth-order valence-electron chi connectivity index (χ4n) is 5.05. The van der Waals surface area contributed by atoms with Crippen LogP contribution < -0.4 is 0 Å². The average Bonchev–Trinajstić information content (AvgIpc) is 3.04. The summed E-state index contributed by atoms with van der Waals surface area (Å²) in [6.07, 6.45) is 5.80. The van der Waals surface area contributed by atoms with Crippen LogP contribution in [0.5, 0.6) is 0 Å². The van der Waals surface area contributed by atoms with Crippen molar-refractivity contribution in [1.29, 1.82) is 0 Å². The fourth-order valence-corrected chi connectivity index (χ4v) is 5.05. The Labute approximate surface area is 170 Å². The lowest BCUT2D eigenvalue weighted by molar-refractivity contribution is -0.133. The Bertz CT molecular complexity index is 808. The van der Waals surface area contributed by atoms with Crippen LogP contribution in [-0.2, 0) is 11.3 Å². The fraction of sp³-hybridized carbons (Fsp3) is 0.522. The molecule has 1 aromatic carbocycles. The van der Waals surface area contributed by atoms with E-state index in [0.29, 0.717) is 32.5 Å². The zero-order chi connectivity index (χ0) is 20.5. The molecule has 3 aliphatic rings. The first-order chi connectivity index (χ1) is 13.9. The predicted molar refractivity (Wildman–Crippen MR) is 107 cm³/mol. The van der Waals surface area contributed by atoms with Gasteiger partial charge in [-0.3, -0.25) is 9.69 Å². The van der Waals surface area contributed by atoms with Gasteiger partial charge in [0.05, 0.1) is 6.04 Å². The van der Waals surface area contributed by atoms with E-state index in [1.165, 1.54) is 12.1 Å². The molecule has 0 bridgehead atoms. The number of aliphatic hydroxyl groups excluding tert-OH is 1. The molecule has 0 saturated carbocycles. The van der Waals surface area contributed by atoms with Gasteiger partial charge in [-0.1, -0.05) is 25.1 Å². The number of halogens is 2. The van der Waals surface area contributed by atoms with Crippen LogP contribution >= 0.6 is 0 Å². The molecule has 4 rings (SSSR count). The average molecular weight is 402 g/mol. The minimum absolute atomic E-state index is 0.0405. The van der Waals surface area contributed by atoms with E-state index < -0.39 is 6.17 Å². The van der Waals surface area contributed by atoms with Crippen LogP contribution in [0.4, 0.5) is 8.78 Å². The number of hydrogen-bond donors (Lipinski definition) is 1. The maximum Gasteiger partial charge on any atom is 0.240 e. The van der Waals surface area contributed by atoms with E-state index in [1.54, 1.807) is 29.2 Å². The topological polar surface area (TPSA) is 43.8 Å². The molecule has 156 valence electrons. The Kier molecular flexibility index (Phi) is 5.72. The lowest BCUT2D eigenvalue weighted by Gasteiger charge is -2.41. The summed E-state index contributed by atoms with van der Waals surface area (Å²) in [6.45, 7) is 4.10. The number of alkyl halides is 1. The van der Waals surface area contributed by atoms with Crippen molar-refractivity contribution in [3.8, 4) is 0 Å². The van der Waals surface area contributed by atoms with Gasteiger partial charge in [0.2, 0.25) is 5.91 Å². The van der Waals surface area contributed by atoms with Crippen molar-refractivity contribution in [2.75, 3.05) is 19.6 Å². The van der Waals surface area contributed by atoms with Gasteiger partial charge in [-0.2, -0.15) is 0 Å². The molecule has 4 nitrogen and oxygen atoms in total. The zero-order valence-electron chi connectivity index (χ0n) is 16.7. The second kappa shape index (κ2) is 8.27. The summed E-state index contributed by atoms with van der Waals surface area (Å²) >= 11 is 0. The smallest absolute Gasteiger partial charge is 0.240 e. The lowest BCUT2D eigenvalue weighted by atomic mass is 9.74. The first kappa shape index (κ1) is 20.1. The molecule has 2 saturated heterocycles. The Morgan fingerprint density at radius 2 is 1.93 bits per heavy atom. The Morgan fingerprint density at radius 1 is 1.17 bits per heavy atom. The Hall–Kier alpha value is -2.21. The van der Waals surface area contributed by atoms with Gasteiger partial charge in [0, 0.05) is 19.6 Å². The van der Waals surface area contributed by atoms with Crippen molar-refractivity contribution in [2.45, 2.75) is 38.5 Å². The molecule has 1 aliphatic carbocycles. The molecule has 6 heteroatoms. The first-order valence-corrected chi connectivity index (χ1v) is 10.4. The highest BCUT2D eigenvalue weighted by Gasteiger charge is 2.42. The van der Waals surface area contributed by atoms with Crippen LogP contribution in [0.15, 0.2) is 48.3 Å². The molecule has 2 fully saturated rings. The summed E-state index contributed by atoms with van der Waals surface area (Å²) in [4.78, 5) is 16.7. The van der Waals surface area contributed by atoms with Gasteiger partial charge in [0.15, 0.2) is 0 Å². The van der Waals surface area contributed by atoms with Crippen LogP contribution in [0.25, 0.3) is 0 Å². The SMILES string of the molecule is CC1C=C(O)C=CC1[C@@H]1CCN([C@H]2CCN(Cc3ccc(F)cc3)C2=O)C[C@H]1F. The number of piperidine rings is 1. The van der Waals surface area contributed by atoms with E-state index in [-0.39, 0.29) is 47.8 Å². The van der Waals surface area contributed by atoms with E-state index in [2.05, 4.69) is 0 Å². The number of carbonyl (C=O) groups excluding carboxylic acids is 1. The molecule has 29 heavy (non-hydrogen) atoms. The van der Waals surface area contributed by atoms with Crippen molar-refractivity contribution in [1.82, 2.24) is 9.80 Å². The van der Waals surface area contributed by atoms with Crippen molar-refractivity contribution in [3.63, 3.8) is 0 Å². The number of benzene rings is 1. The standard InChI is InChI=1S/C23H28F2N2O2/c1-15-12-18(28)6-7-19(15)20-8-10-26(14-21(20)25)22-9-11-27(23(22)29)13-16-2-4-17(24)5-3-16/h2-7,12,15,19-22,28H,8-11,13-14H2,1H3/t15?,19?,20-,21+,22-/m0/s1. The molecule has 1 N–H and O–H groups in total. The van der Waals surface area contributed by atoms with E-state index in [9.17, 15) is 14.3 Å². The summed E-state index contributed by atoms with van der Waals surface area (Å²) in [5.41, 5.74) is 0.900. The minimum atomic E-state index is -0.992. The van der Waals surface area contributed by atoms with E-state index in [0.717, 1.165) is 5.56 Å². The van der Waals surface area contributed by atoms with Gasteiger partial charge in [-0.15, -0.1) is 0 Å². The second-order valence-corrected chi connectivity index (χ2v) is 8.54. The van der Waals surface area contributed by atoms with Gasteiger partial charge < -0.3 is 10.0 Å². The van der Waals surface area contributed by atoms with Gasteiger partial charge in [-0.25, -0.2) is 8.78 Å². The molecule has 0 spiro atoms. The van der Waals surface area contributed by atoms with Crippen LogP contribution in [0.1, 0.15) is 25.3 Å². The molecule has 0 radical (unpaired) electrons. The quantitative estimate of drug-likeness (QED) is 0.832. The van der Waals surface area contributed by atoms with Gasteiger partial charge in [0.1, 0.15) is 17.7 Å². The van der Waals surface area contributed by atoms with Gasteiger partial charge in [0.25, 0.3) is 0 Å². The van der Waals surface area contributed by atoms with Crippen molar-refractivity contribution in [3.05, 3.63) is 59.6 Å². The van der Waals surface area contributed by atoms with Crippen LogP contribution in [-0.4, -0.2) is 52.7 Å². The van der Waals surface area contributed by atoms with Crippen LogP contribution in [0.3, 0.4) is 0 Å². The molecular formula is C23H28F2N2O2. The third-order valence-corrected chi connectivity index (χ3v) is 6.64. The zero-order valence-corrected chi connectivity index (χ0v) is 16.7. The van der Waals surface area contributed by atoms with Crippen LogP contribution in [0, 0.1) is 23.6 Å². The first-order valence-electron chi connectivity index (χ1n) is 10.4. The molecular weight excluding hydrogens is 374 g/mol. The summed E-state index contributed by atoms with van der Waals surface area (Å²) < 4.78 is 28.2. The summed E-state index contributed by atoms with van der Waals surface area (Å²) in [5, 5.41) is 9.63. The van der Waals surface area contributed by atoms with Crippen LogP contribution in [0.2, 0.25) is 0 Å². The molecule has 2 unspecified atom stereocenters. The maximum atomic E-state index is 15.1. The molecule has 1 aromatic rings. The maximum absolute atomic E-state index is 15.1. The molecule has 2 heterocycles. The number of amides is 1. The Balaban J connectivity index is 1.35. The monoisotopic (exact) mass is 402 g/mol. The molecule has 0 aromatic heterocycles. The Morgan fingerprint density at radius 3 is 2.62 bits per heavy atom.